The Labute approximate surface area is 126 Å². The van der Waals surface area contributed by atoms with Gasteiger partial charge in [0.05, 0.1) is 0 Å². The fourth-order valence-electron chi connectivity index (χ4n) is 1.68. The Morgan fingerprint density at radius 1 is 1.18 bits per heavy atom. The molecule has 0 spiro atoms. The lowest BCUT2D eigenvalue weighted by Crippen LogP contribution is -2.49. The smallest absolute Gasteiger partial charge is 0.256 e. The SMILES string of the molecule is NNC(=O)C(CCC(N)=O)NC(=O)c1ccc(NC=O)cc1. The van der Waals surface area contributed by atoms with Gasteiger partial charge in [0.2, 0.25) is 12.3 Å². The molecule has 0 aliphatic carbocycles. The minimum absolute atomic E-state index is 0.0366. The maximum atomic E-state index is 12.1. The molecule has 0 fully saturated rings. The molecular formula is C13H17N5O4. The molecule has 0 saturated heterocycles. The highest BCUT2D eigenvalue weighted by Gasteiger charge is 2.21. The molecule has 0 heterocycles. The molecular weight excluding hydrogens is 290 g/mol. The van der Waals surface area contributed by atoms with Gasteiger partial charge in [0.25, 0.3) is 11.8 Å². The Kier molecular flexibility index (Phi) is 6.51. The molecule has 0 aromatic heterocycles. The number of amides is 4. The Bertz CT molecular complexity index is 558. The molecule has 1 atom stereocenters. The summed E-state index contributed by atoms with van der Waals surface area (Å²) in [6, 6.07) is 5.05. The molecule has 1 aromatic carbocycles. The van der Waals surface area contributed by atoms with Crippen LogP contribution in [0.15, 0.2) is 24.3 Å². The summed E-state index contributed by atoms with van der Waals surface area (Å²) in [4.78, 5) is 44.7. The van der Waals surface area contributed by atoms with Gasteiger partial charge in [0.15, 0.2) is 0 Å². The van der Waals surface area contributed by atoms with Crippen molar-refractivity contribution in [3.8, 4) is 0 Å². The molecule has 0 aliphatic rings. The number of anilines is 1. The molecule has 118 valence electrons. The second kappa shape index (κ2) is 8.37. The first-order valence-corrected chi connectivity index (χ1v) is 6.37. The number of hydrogen-bond donors (Lipinski definition) is 5. The molecule has 1 rings (SSSR count). The summed E-state index contributed by atoms with van der Waals surface area (Å²) >= 11 is 0. The van der Waals surface area contributed by atoms with E-state index in [9.17, 15) is 19.2 Å². The van der Waals surface area contributed by atoms with Gasteiger partial charge < -0.3 is 16.4 Å². The van der Waals surface area contributed by atoms with Crippen molar-refractivity contribution >= 4 is 29.8 Å². The van der Waals surface area contributed by atoms with E-state index in [0.29, 0.717) is 12.1 Å². The average molecular weight is 307 g/mol. The number of carbonyl (C=O) groups excluding carboxylic acids is 4. The van der Waals surface area contributed by atoms with Gasteiger partial charge in [-0.15, -0.1) is 0 Å². The highest BCUT2D eigenvalue weighted by atomic mass is 16.2. The number of nitrogens with two attached hydrogens (primary N) is 2. The lowest BCUT2D eigenvalue weighted by molar-refractivity contribution is -0.123. The first kappa shape index (κ1) is 17.1. The van der Waals surface area contributed by atoms with Crippen molar-refractivity contribution in [2.45, 2.75) is 18.9 Å². The van der Waals surface area contributed by atoms with Gasteiger partial charge >= 0.3 is 0 Å². The Morgan fingerprint density at radius 3 is 2.32 bits per heavy atom. The van der Waals surface area contributed by atoms with Crippen LogP contribution in [-0.4, -0.2) is 30.2 Å². The van der Waals surface area contributed by atoms with Crippen LogP contribution in [0.1, 0.15) is 23.2 Å². The molecule has 4 amide bonds. The van der Waals surface area contributed by atoms with Crippen molar-refractivity contribution in [1.82, 2.24) is 10.7 Å². The molecule has 9 heteroatoms. The number of carbonyl (C=O) groups is 4. The zero-order valence-electron chi connectivity index (χ0n) is 11.7. The average Bonchev–Trinajstić information content (AvgIpc) is 2.51. The van der Waals surface area contributed by atoms with Crippen LogP contribution >= 0.6 is 0 Å². The van der Waals surface area contributed by atoms with Gasteiger partial charge in [0, 0.05) is 17.7 Å². The van der Waals surface area contributed by atoms with Crippen LogP contribution in [-0.2, 0) is 14.4 Å². The van der Waals surface area contributed by atoms with Crippen molar-refractivity contribution in [1.29, 1.82) is 0 Å². The summed E-state index contributed by atoms with van der Waals surface area (Å²) in [7, 11) is 0. The summed E-state index contributed by atoms with van der Waals surface area (Å²) in [6.45, 7) is 0. The quantitative estimate of drug-likeness (QED) is 0.173. The lowest BCUT2D eigenvalue weighted by Gasteiger charge is -2.16. The van der Waals surface area contributed by atoms with Gasteiger partial charge in [-0.2, -0.15) is 0 Å². The van der Waals surface area contributed by atoms with E-state index in [1.165, 1.54) is 24.3 Å². The van der Waals surface area contributed by atoms with Crippen molar-refractivity contribution in [3.05, 3.63) is 29.8 Å². The van der Waals surface area contributed by atoms with E-state index in [1.54, 1.807) is 0 Å². The van der Waals surface area contributed by atoms with Gasteiger partial charge in [-0.05, 0) is 30.7 Å². The number of rotatable bonds is 8. The first-order chi connectivity index (χ1) is 10.5. The van der Waals surface area contributed by atoms with Gasteiger partial charge in [0.1, 0.15) is 6.04 Å². The van der Waals surface area contributed by atoms with E-state index < -0.39 is 23.8 Å². The normalized spacial score (nSPS) is 11.1. The van der Waals surface area contributed by atoms with Gasteiger partial charge in [-0.25, -0.2) is 5.84 Å². The number of hydrazine groups is 1. The predicted octanol–water partition coefficient (Wildman–Crippen LogP) is -1.39. The second-order valence-electron chi connectivity index (χ2n) is 4.38. The highest BCUT2D eigenvalue weighted by Crippen LogP contribution is 2.09. The summed E-state index contributed by atoms with van der Waals surface area (Å²) < 4.78 is 0. The third kappa shape index (κ3) is 5.21. The fourth-order valence-corrected chi connectivity index (χ4v) is 1.68. The number of primary amides is 1. The summed E-state index contributed by atoms with van der Waals surface area (Å²) in [5, 5.41) is 4.89. The number of hydrogen-bond acceptors (Lipinski definition) is 5. The van der Waals surface area contributed by atoms with Crippen LogP contribution in [0.4, 0.5) is 5.69 Å². The van der Waals surface area contributed by atoms with Gasteiger partial charge in [-0.1, -0.05) is 0 Å². The van der Waals surface area contributed by atoms with Crippen LogP contribution in [0.3, 0.4) is 0 Å². The zero-order valence-corrected chi connectivity index (χ0v) is 11.7. The number of benzene rings is 1. The maximum absolute atomic E-state index is 12.1. The minimum Gasteiger partial charge on any atom is -0.370 e. The second-order valence-corrected chi connectivity index (χ2v) is 4.38. The van der Waals surface area contributed by atoms with Crippen LogP contribution < -0.4 is 27.6 Å². The largest absolute Gasteiger partial charge is 0.370 e. The third-order valence-electron chi connectivity index (χ3n) is 2.82. The Morgan fingerprint density at radius 2 is 1.82 bits per heavy atom. The fraction of sp³-hybridized carbons (Fsp3) is 0.231. The molecule has 0 saturated carbocycles. The lowest BCUT2D eigenvalue weighted by atomic mass is 10.1. The van der Waals surface area contributed by atoms with E-state index in [4.69, 9.17) is 11.6 Å². The first-order valence-electron chi connectivity index (χ1n) is 6.37. The molecule has 1 aromatic rings. The Hall–Kier alpha value is -2.94. The van der Waals surface area contributed by atoms with Crippen molar-refractivity contribution < 1.29 is 19.2 Å². The van der Waals surface area contributed by atoms with Crippen LogP contribution in [0.25, 0.3) is 0 Å². The summed E-state index contributed by atoms with van der Waals surface area (Å²) in [6.07, 6.45) is 0.482. The predicted molar refractivity (Wildman–Crippen MR) is 78.1 cm³/mol. The standard InChI is InChI=1S/C13H17N5O4/c14-11(20)6-5-10(13(22)18-15)17-12(21)8-1-3-9(4-2-8)16-7-19/h1-4,7,10H,5-6,15H2,(H2,14,20)(H,16,19)(H,17,21)(H,18,22). The molecule has 9 nitrogen and oxygen atoms in total. The van der Waals surface area contributed by atoms with E-state index in [0.717, 1.165) is 0 Å². The van der Waals surface area contributed by atoms with Crippen LogP contribution in [0, 0.1) is 0 Å². The molecule has 0 radical (unpaired) electrons. The van der Waals surface area contributed by atoms with E-state index in [2.05, 4.69) is 10.6 Å². The summed E-state index contributed by atoms with van der Waals surface area (Å²) in [5.74, 6) is 3.30. The number of nitrogens with one attached hydrogen (secondary N) is 3. The Balaban J connectivity index is 2.74. The van der Waals surface area contributed by atoms with Crippen molar-refractivity contribution in [2.75, 3.05) is 5.32 Å². The monoisotopic (exact) mass is 307 g/mol. The van der Waals surface area contributed by atoms with Crippen molar-refractivity contribution in [2.24, 2.45) is 11.6 Å². The maximum Gasteiger partial charge on any atom is 0.256 e. The summed E-state index contributed by atoms with van der Waals surface area (Å²) in [5.41, 5.74) is 7.74. The van der Waals surface area contributed by atoms with E-state index >= 15 is 0 Å². The van der Waals surface area contributed by atoms with E-state index in [1.807, 2.05) is 5.43 Å². The van der Waals surface area contributed by atoms with Gasteiger partial charge in [-0.3, -0.25) is 24.6 Å². The van der Waals surface area contributed by atoms with Crippen LogP contribution in [0.5, 0.6) is 0 Å². The third-order valence-corrected chi connectivity index (χ3v) is 2.82. The molecule has 22 heavy (non-hydrogen) atoms. The molecule has 0 aliphatic heterocycles. The van der Waals surface area contributed by atoms with Crippen molar-refractivity contribution in [3.63, 3.8) is 0 Å². The van der Waals surface area contributed by atoms with E-state index in [-0.39, 0.29) is 18.4 Å². The molecule has 7 N–H and O–H groups in total. The zero-order chi connectivity index (χ0) is 16.5. The topological polar surface area (TPSA) is 156 Å². The molecule has 0 bridgehead atoms. The minimum atomic E-state index is -0.974. The highest BCUT2D eigenvalue weighted by molar-refractivity contribution is 5.98. The molecule has 1 unspecified atom stereocenters. The van der Waals surface area contributed by atoms with Crippen LogP contribution in [0.2, 0.25) is 0 Å².